The van der Waals surface area contributed by atoms with Crippen molar-refractivity contribution >= 4 is 0 Å². The summed E-state index contributed by atoms with van der Waals surface area (Å²) in [6, 6.07) is 0. The van der Waals surface area contributed by atoms with Gasteiger partial charge in [0.15, 0.2) is 6.29 Å². The van der Waals surface area contributed by atoms with Gasteiger partial charge in [0.1, 0.15) is 11.3 Å². The molecule has 6 heteroatoms. The van der Waals surface area contributed by atoms with Crippen molar-refractivity contribution < 1.29 is 14.6 Å². The van der Waals surface area contributed by atoms with Crippen LogP contribution < -0.4 is 0 Å². The Bertz CT molecular complexity index is 302. The Kier molecular flexibility index (Phi) is 3.78. The van der Waals surface area contributed by atoms with Gasteiger partial charge in [0.05, 0.1) is 12.7 Å². The van der Waals surface area contributed by atoms with E-state index < -0.39 is 5.60 Å². The largest absolute Gasteiger partial charge is 0.384 e. The van der Waals surface area contributed by atoms with Crippen molar-refractivity contribution in [3.63, 3.8) is 0 Å². The third-order valence-corrected chi connectivity index (χ3v) is 2.03. The minimum atomic E-state index is -0.978. The number of ether oxygens (including phenoxy) is 2. The number of aliphatic hydroxyl groups is 1. The van der Waals surface area contributed by atoms with Crippen LogP contribution in [0.1, 0.15) is 19.5 Å². The average molecular weight is 215 g/mol. The molecule has 0 aliphatic rings. The topological polar surface area (TPSA) is 69.4 Å². The van der Waals surface area contributed by atoms with Crippen molar-refractivity contribution in [3.8, 4) is 0 Å². The number of rotatable bonds is 5. The Morgan fingerprint density at radius 3 is 2.47 bits per heavy atom. The van der Waals surface area contributed by atoms with E-state index in [0.29, 0.717) is 12.2 Å². The van der Waals surface area contributed by atoms with Crippen LogP contribution in [-0.4, -0.2) is 40.6 Å². The molecule has 0 radical (unpaired) electrons. The second-order valence-corrected chi connectivity index (χ2v) is 3.79. The molecule has 0 unspecified atom stereocenters. The van der Waals surface area contributed by atoms with Gasteiger partial charge in [-0.25, -0.2) is 4.68 Å². The first-order valence-corrected chi connectivity index (χ1v) is 4.66. The van der Waals surface area contributed by atoms with E-state index in [1.165, 1.54) is 0 Å². The lowest BCUT2D eigenvalue weighted by Gasteiger charge is -2.13. The van der Waals surface area contributed by atoms with Gasteiger partial charge in [-0.15, -0.1) is 5.10 Å². The molecule has 1 aromatic rings. The summed E-state index contributed by atoms with van der Waals surface area (Å²) in [4.78, 5) is 0. The second kappa shape index (κ2) is 4.69. The number of aromatic nitrogens is 3. The zero-order valence-corrected chi connectivity index (χ0v) is 9.47. The molecule has 86 valence electrons. The summed E-state index contributed by atoms with van der Waals surface area (Å²) < 4.78 is 11.6. The van der Waals surface area contributed by atoms with E-state index in [1.807, 2.05) is 0 Å². The smallest absolute Gasteiger partial charge is 0.176 e. The van der Waals surface area contributed by atoms with E-state index in [4.69, 9.17) is 9.47 Å². The highest BCUT2D eigenvalue weighted by molar-refractivity contribution is 5.02. The van der Waals surface area contributed by atoms with Crippen molar-refractivity contribution in [2.75, 3.05) is 14.2 Å². The van der Waals surface area contributed by atoms with E-state index in [0.717, 1.165) is 0 Å². The van der Waals surface area contributed by atoms with Crippen LogP contribution in [0.5, 0.6) is 0 Å². The monoisotopic (exact) mass is 215 g/mol. The van der Waals surface area contributed by atoms with E-state index in [-0.39, 0.29) is 6.29 Å². The second-order valence-electron chi connectivity index (χ2n) is 3.79. The Labute approximate surface area is 88.8 Å². The molecule has 15 heavy (non-hydrogen) atoms. The zero-order valence-electron chi connectivity index (χ0n) is 9.47. The summed E-state index contributed by atoms with van der Waals surface area (Å²) in [6.45, 7) is 3.76. The highest BCUT2D eigenvalue weighted by Gasteiger charge is 2.20. The quantitative estimate of drug-likeness (QED) is 0.707. The summed E-state index contributed by atoms with van der Waals surface area (Å²) in [5.74, 6) is 0. The lowest BCUT2D eigenvalue weighted by molar-refractivity contribution is -0.112. The normalized spacial score (nSPS) is 12.4. The summed E-state index contributed by atoms with van der Waals surface area (Å²) in [5.41, 5.74) is -0.457. The Balaban J connectivity index is 2.68. The summed E-state index contributed by atoms with van der Waals surface area (Å²) in [7, 11) is 3.12. The van der Waals surface area contributed by atoms with Gasteiger partial charge >= 0.3 is 0 Å². The minimum absolute atomic E-state index is 0.360. The van der Waals surface area contributed by atoms with Gasteiger partial charge in [0.2, 0.25) is 0 Å². The molecule has 0 aliphatic heterocycles. The fourth-order valence-electron chi connectivity index (χ4n) is 1.07. The molecular formula is C9H17N3O3. The molecule has 1 rings (SSSR count). The lowest BCUT2D eigenvalue weighted by Crippen LogP contribution is -2.21. The molecule has 6 nitrogen and oxygen atoms in total. The summed E-state index contributed by atoms with van der Waals surface area (Å²) in [5, 5.41) is 17.4. The van der Waals surface area contributed by atoms with Crippen molar-refractivity contribution in [1.82, 2.24) is 15.0 Å². The van der Waals surface area contributed by atoms with Gasteiger partial charge in [-0.2, -0.15) is 0 Å². The van der Waals surface area contributed by atoms with Crippen LogP contribution in [0.4, 0.5) is 0 Å². The minimum Gasteiger partial charge on any atom is -0.384 e. The van der Waals surface area contributed by atoms with E-state index in [1.54, 1.807) is 38.9 Å². The van der Waals surface area contributed by atoms with E-state index in [2.05, 4.69) is 10.3 Å². The van der Waals surface area contributed by atoms with E-state index in [9.17, 15) is 5.11 Å². The van der Waals surface area contributed by atoms with Gasteiger partial charge in [0, 0.05) is 14.2 Å². The Morgan fingerprint density at radius 2 is 2.07 bits per heavy atom. The molecule has 0 saturated heterocycles. The van der Waals surface area contributed by atoms with Crippen molar-refractivity contribution in [2.24, 2.45) is 0 Å². The number of nitrogens with zero attached hydrogens (tertiary/aromatic N) is 3. The van der Waals surface area contributed by atoms with Gasteiger partial charge in [-0.3, -0.25) is 0 Å². The van der Waals surface area contributed by atoms with Gasteiger partial charge in [-0.1, -0.05) is 5.21 Å². The molecule has 0 amide bonds. The molecule has 0 bridgehead atoms. The number of hydrogen-bond donors (Lipinski definition) is 1. The fraction of sp³-hybridized carbons (Fsp3) is 0.778. The molecule has 1 heterocycles. The van der Waals surface area contributed by atoms with Gasteiger partial charge in [-0.05, 0) is 13.8 Å². The molecule has 0 atom stereocenters. The van der Waals surface area contributed by atoms with Crippen LogP contribution >= 0.6 is 0 Å². The van der Waals surface area contributed by atoms with Crippen LogP contribution in [0.2, 0.25) is 0 Å². The predicted molar refractivity (Wildman–Crippen MR) is 53.1 cm³/mol. The van der Waals surface area contributed by atoms with Crippen LogP contribution in [0, 0.1) is 0 Å². The molecule has 1 aromatic heterocycles. The highest BCUT2D eigenvalue weighted by atomic mass is 16.7. The maximum absolute atomic E-state index is 9.67. The highest BCUT2D eigenvalue weighted by Crippen LogP contribution is 2.15. The summed E-state index contributed by atoms with van der Waals surface area (Å²) >= 11 is 0. The molecule has 0 saturated carbocycles. The van der Waals surface area contributed by atoms with Crippen molar-refractivity contribution in [1.29, 1.82) is 0 Å². The standard InChI is InChI=1S/C9H17N3O3/c1-9(2,13)7-5-12(11-10-7)6-8(14-3)15-4/h5,8,13H,6H2,1-4H3. The van der Waals surface area contributed by atoms with Crippen LogP contribution in [0.3, 0.4) is 0 Å². The van der Waals surface area contributed by atoms with Crippen molar-refractivity contribution in [2.45, 2.75) is 32.3 Å². The molecule has 0 aliphatic carbocycles. The summed E-state index contributed by atoms with van der Waals surface area (Å²) in [6.07, 6.45) is 1.31. The predicted octanol–water partition coefficient (Wildman–Crippen LogP) is 0.124. The third-order valence-electron chi connectivity index (χ3n) is 2.03. The van der Waals surface area contributed by atoms with E-state index >= 15 is 0 Å². The fourth-order valence-corrected chi connectivity index (χ4v) is 1.07. The maximum Gasteiger partial charge on any atom is 0.176 e. The SMILES string of the molecule is COC(Cn1cc(C(C)(C)O)nn1)OC. The molecule has 1 N–H and O–H groups in total. The molecule has 0 aromatic carbocycles. The first-order valence-electron chi connectivity index (χ1n) is 4.66. The van der Waals surface area contributed by atoms with Crippen LogP contribution in [0.25, 0.3) is 0 Å². The maximum atomic E-state index is 9.67. The van der Waals surface area contributed by atoms with Crippen molar-refractivity contribution in [3.05, 3.63) is 11.9 Å². The number of hydrogen-bond acceptors (Lipinski definition) is 5. The zero-order chi connectivity index (χ0) is 11.5. The third kappa shape index (κ3) is 3.26. The molecular weight excluding hydrogens is 198 g/mol. The van der Waals surface area contributed by atoms with Gasteiger partial charge < -0.3 is 14.6 Å². The molecule has 0 fully saturated rings. The Morgan fingerprint density at radius 1 is 1.47 bits per heavy atom. The Hall–Kier alpha value is -0.980. The first-order chi connectivity index (χ1) is 6.97. The average Bonchev–Trinajstić information content (AvgIpc) is 2.61. The first kappa shape index (κ1) is 12.1. The van der Waals surface area contributed by atoms with Gasteiger partial charge in [0.25, 0.3) is 0 Å². The molecule has 0 spiro atoms. The van der Waals surface area contributed by atoms with Crippen LogP contribution in [-0.2, 0) is 21.6 Å². The lowest BCUT2D eigenvalue weighted by atomic mass is 10.1. The van der Waals surface area contributed by atoms with Crippen LogP contribution in [0.15, 0.2) is 6.20 Å². The number of methoxy groups -OCH3 is 2.